The first kappa shape index (κ1) is 16.6. The van der Waals surface area contributed by atoms with Gasteiger partial charge in [0.2, 0.25) is 0 Å². The highest BCUT2D eigenvalue weighted by Crippen LogP contribution is 2.28. The monoisotopic (exact) mass is 468 g/mol. The molecule has 0 aliphatic heterocycles. The maximum Gasteiger partial charge on any atom is 0.345 e. The summed E-state index contributed by atoms with van der Waals surface area (Å²) in [6, 6.07) is 15.9. The van der Waals surface area contributed by atoms with E-state index >= 15 is 0 Å². The first-order chi connectivity index (χ1) is 11.0. The zero-order valence-corrected chi connectivity index (χ0v) is 16.4. The Labute approximate surface area is 157 Å². The van der Waals surface area contributed by atoms with Crippen LogP contribution in [0.3, 0.4) is 0 Å². The molecule has 0 aliphatic rings. The molecule has 0 unspecified atom stereocenters. The number of halogens is 2. The van der Waals surface area contributed by atoms with Gasteiger partial charge in [-0.3, -0.25) is 0 Å². The minimum atomic E-state index is -0.864. The molecule has 0 fully saturated rings. The first-order valence-corrected chi connectivity index (χ1v) is 9.86. The number of fused-ring (bicyclic) bond motifs is 2. The van der Waals surface area contributed by atoms with E-state index in [1.807, 2.05) is 18.2 Å². The normalized spacial score (nSPS) is 10.5. The van der Waals surface area contributed by atoms with Gasteiger partial charge in [0, 0.05) is 18.3 Å². The van der Waals surface area contributed by atoms with Gasteiger partial charge in [-0.1, -0.05) is 44.0 Å². The van der Waals surface area contributed by atoms with E-state index in [1.165, 1.54) is 21.4 Å². The van der Waals surface area contributed by atoms with Crippen molar-refractivity contribution < 1.29 is 9.90 Å². The lowest BCUT2D eigenvalue weighted by Crippen LogP contribution is -1.89. The molecule has 2 nitrogen and oxygen atoms in total. The summed E-state index contributed by atoms with van der Waals surface area (Å²) in [4.78, 5) is 11.0. The molecule has 0 bridgehead atoms. The van der Waals surface area contributed by atoms with Gasteiger partial charge in [0.15, 0.2) is 0 Å². The van der Waals surface area contributed by atoms with Gasteiger partial charge >= 0.3 is 5.97 Å². The second kappa shape index (κ2) is 7.13. The van der Waals surface area contributed by atoms with E-state index in [2.05, 4.69) is 61.5 Å². The van der Waals surface area contributed by atoms with Crippen LogP contribution in [-0.4, -0.2) is 11.1 Å². The van der Waals surface area contributed by atoms with Crippen LogP contribution < -0.4 is 0 Å². The van der Waals surface area contributed by atoms with Crippen molar-refractivity contribution in [2.75, 3.05) is 0 Å². The van der Waals surface area contributed by atoms with Crippen molar-refractivity contribution in [2.45, 2.75) is 0 Å². The van der Waals surface area contributed by atoms with Crippen molar-refractivity contribution in [3.8, 4) is 0 Å². The van der Waals surface area contributed by atoms with E-state index in [-0.39, 0.29) is 0 Å². The van der Waals surface area contributed by atoms with Crippen molar-refractivity contribution in [2.24, 2.45) is 0 Å². The molecular weight excluding hydrogens is 460 g/mol. The molecule has 0 atom stereocenters. The lowest BCUT2D eigenvalue weighted by Gasteiger charge is -1.88. The van der Waals surface area contributed by atoms with E-state index in [1.54, 1.807) is 17.4 Å². The summed E-state index contributed by atoms with van der Waals surface area (Å²) in [7, 11) is 0. The summed E-state index contributed by atoms with van der Waals surface area (Å²) in [5.74, 6) is -0.864. The summed E-state index contributed by atoms with van der Waals surface area (Å²) in [5.41, 5.74) is 0. The average Bonchev–Trinajstić information content (AvgIpc) is 3.12. The molecule has 2 heterocycles. The molecule has 116 valence electrons. The van der Waals surface area contributed by atoms with E-state index in [0.717, 1.165) is 19.0 Å². The molecular formula is C17H10Br2O2S2. The van der Waals surface area contributed by atoms with Gasteiger partial charge in [-0.2, -0.15) is 0 Å². The molecule has 4 rings (SSSR count). The smallest absolute Gasteiger partial charge is 0.345 e. The van der Waals surface area contributed by atoms with E-state index in [0.29, 0.717) is 4.88 Å². The van der Waals surface area contributed by atoms with Crippen LogP contribution in [0.5, 0.6) is 0 Å². The van der Waals surface area contributed by atoms with Crippen LogP contribution >= 0.6 is 54.5 Å². The van der Waals surface area contributed by atoms with Crippen molar-refractivity contribution in [1.29, 1.82) is 0 Å². The fourth-order valence-corrected chi connectivity index (χ4v) is 4.83. The van der Waals surface area contributed by atoms with E-state index < -0.39 is 5.97 Å². The maximum absolute atomic E-state index is 10.7. The highest BCUT2D eigenvalue weighted by Gasteiger charge is 2.07. The zero-order valence-electron chi connectivity index (χ0n) is 11.6. The lowest BCUT2D eigenvalue weighted by atomic mass is 10.2. The third kappa shape index (κ3) is 4.01. The molecule has 4 aromatic rings. The largest absolute Gasteiger partial charge is 0.477 e. The zero-order chi connectivity index (χ0) is 16.4. The Morgan fingerprint density at radius 2 is 1.52 bits per heavy atom. The number of rotatable bonds is 1. The molecule has 2 aromatic heterocycles. The predicted molar refractivity (Wildman–Crippen MR) is 106 cm³/mol. The Morgan fingerprint density at radius 3 is 2.22 bits per heavy atom. The van der Waals surface area contributed by atoms with E-state index in [9.17, 15) is 4.79 Å². The van der Waals surface area contributed by atoms with Gasteiger partial charge in [-0.15, -0.1) is 22.7 Å². The van der Waals surface area contributed by atoms with Crippen molar-refractivity contribution in [3.05, 3.63) is 67.7 Å². The van der Waals surface area contributed by atoms with Gasteiger partial charge in [0.05, 0.1) is 0 Å². The molecule has 23 heavy (non-hydrogen) atoms. The van der Waals surface area contributed by atoms with Crippen molar-refractivity contribution in [1.82, 2.24) is 0 Å². The molecule has 0 saturated heterocycles. The Hall–Kier alpha value is -1.21. The average molecular weight is 470 g/mol. The van der Waals surface area contributed by atoms with Crippen LogP contribution in [0.25, 0.3) is 20.2 Å². The number of thiophene rings is 2. The fourth-order valence-electron chi connectivity index (χ4n) is 2.04. The highest BCUT2D eigenvalue weighted by molar-refractivity contribution is 9.10. The number of carboxylic acids is 1. The topological polar surface area (TPSA) is 37.3 Å². The minimum absolute atomic E-state index is 0.383. The highest BCUT2D eigenvalue weighted by atomic mass is 79.9. The standard InChI is InChI=1S/C9H5BrO2S.C8H5BrS/c10-6-2-1-5-3-8(9(11)12)13-7(5)4-6;9-7-2-1-6-3-4-10-8(6)5-7/h1-4H,(H,11,12);1-5H. The van der Waals surface area contributed by atoms with Crippen LogP contribution in [0.4, 0.5) is 0 Å². The molecule has 0 radical (unpaired) electrons. The molecule has 6 heteroatoms. The molecule has 0 amide bonds. The third-order valence-corrected chi connectivity index (χ3v) is 6.06. The van der Waals surface area contributed by atoms with Gasteiger partial charge in [-0.25, -0.2) is 4.79 Å². The van der Waals surface area contributed by atoms with Crippen LogP contribution in [0.15, 0.2) is 62.9 Å². The second-order valence-corrected chi connectivity index (χ2v) is 8.56. The van der Waals surface area contributed by atoms with Crippen molar-refractivity contribution in [3.63, 3.8) is 0 Å². The first-order valence-electron chi connectivity index (χ1n) is 6.58. The lowest BCUT2D eigenvalue weighted by molar-refractivity contribution is 0.0702. The fraction of sp³-hybridized carbons (Fsp3) is 0. The van der Waals surface area contributed by atoms with Crippen LogP contribution in [0.2, 0.25) is 0 Å². The summed E-state index contributed by atoms with van der Waals surface area (Å²) < 4.78 is 4.46. The summed E-state index contributed by atoms with van der Waals surface area (Å²) in [6.07, 6.45) is 0. The number of aromatic carboxylic acids is 1. The number of benzene rings is 2. The predicted octanol–water partition coefficient (Wildman–Crippen LogP) is 7.03. The Bertz CT molecular complexity index is 989. The third-order valence-electron chi connectivity index (χ3n) is 3.11. The number of hydrogen-bond acceptors (Lipinski definition) is 3. The molecule has 0 aliphatic carbocycles. The van der Waals surface area contributed by atoms with Crippen LogP contribution in [0, 0.1) is 0 Å². The van der Waals surface area contributed by atoms with Crippen LogP contribution in [-0.2, 0) is 0 Å². The Kier molecular flexibility index (Phi) is 5.16. The molecule has 1 N–H and O–H groups in total. The number of carboxylic acid groups (broad SMARTS) is 1. The Balaban J connectivity index is 0.000000140. The molecule has 0 saturated carbocycles. The number of carbonyl (C=O) groups is 1. The SMILES string of the molecule is Brc1ccc2ccsc2c1.O=C(O)c1cc2ccc(Br)cc2s1. The van der Waals surface area contributed by atoms with E-state index in [4.69, 9.17) is 5.11 Å². The summed E-state index contributed by atoms with van der Waals surface area (Å²) in [6.45, 7) is 0. The summed E-state index contributed by atoms with van der Waals surface area (Å²) >= 11 is 9.82. The molecule has 0 spiro atoms. The quantitative estimate of drug-likeness (QED) is 0.325. The second-order valence-electron chi connectivity index (χ2n) is 4.70. The van der Waals surface area contributed by atoms with Crippen molar-refractivity contribution >= 4 is 80.7 Å². The van der Waals surface area contributed by atoms with Crippen LogP contribution in [0.1, 0.15) is 9.67 Å². The van der Waals surface area contributed by atoms with Gasteiger partial charge in [-0.05, 0) is 52.6 Å². The number of hydrogen-bond donors (Lipinski definition) is 1. The molecule has 2 aromatic carbocycles. The Morgan fingerprint density at radius 1 is 0.870 bits per heavy atom. The van der Waals surface area contributed by atoms with Gasteiger partial charge in [0.25, 0.3) is 0 Å². The van der Waals surface area contributed by atoms with Gasteiger partial charge in [0.1, 0.15) is 4.88 Å². The minimum Gasteiger partial charge on any atom is -0.477 e. The maximum atomic E-state index is 10.7. The summed E-state index contributed by atoms with van der Waals surface area (Å²) in [5, 5.41) is 13.2. The van der Waals surface area contributed by atoms with Gasteiger partial charge < -0.3 is 5.11 Å².